The zero-order valence-electron chi connectivity index (χ0n) is 9.65. The van der Waals surface area contributed by atoms with E-state index in [1.54, 1.807) is 36.5 Å². The van der Waals surface area contributed by atoms with Gasteiger partial charge in [0.25, 0.3) is 0 Å². The zero-order chi connectivity index (χ0) is 12.1. The molecule has 0 radical (unpaired) electrons. The Hall–Kier alpha value is -1.39. The lowest BCUT2D eigenvalue weighted by atomic mass is 10.1. The first kappa shape index (κ1) is 12.1. The number of aromatic nitrogens is 2. The van der Waals surface area contributed by atoms with Crippen LogP contribution in [0.1, 0.15) is 17.7 Å². The van der Waals surface area contributed by atoms with E-state index < -0.39 is 0 Å². The monoisotopic (exact) mass is 245 g/mol. The van der Waals surface area contributed by atoms with Crippen LogP contribution in [0.5, 0.6) is 0 Å². The molecular formula is C13H15N3S. The summed E-state index contributed by atoms with van der Waals surface area (Å²) >= 11 is 1.76. The molecule has 2 aromatic rings. The second-order valence-electron chi connectivity index (χ2n) is 3.86. The molecule has 0 aliphatic carbocycles. The smallest absolute Gasteiger partial charge is 0.0493 e. The minimum Gasteiger partial charge on any atom is -0.327 e. The quantitative estimate of drug-likeness (QED) is 0.841. The second-order valence-corrected chi connectivity index (χ2v) is 5.08. The van der Waals surface area contributed by atoms with E-state index in [1.807, 2.05) is 31.2 Å². The molecule has 2 aromatic heterocycles. The molecule has 2 atom stereocenters. The summed E-state index contributed by atoms with van der Waals surface area (Å²) in [4.78, 5) is 9.23. The molecule has 2 unspecified atom stereocenters. The Kier molecular flexibility index (Phi) is 4.12. The van der Waals surface area contributed by atoms with E-state index in [0.717, 1.165) is 0 Å². The molecule has 0 aliphatic heterocycles. The first-order valence-corrected chi connectivity index (χ1v) is 6.37. The Balaban J connectivity index is 2.20. The third-order valence-electron chi connectivity index (χ3n) is 2.42. The molecule has 2 N–H and O–H groups in total. The highest BCUT2D eigenvalue weighted by molar-refractivity contribution is 7.99. The van der Waals surface area contributed by atoms with Gasteiger partial charge in [-0.15, -0.1) is 11.8 Å². The van der Waals surface area contributed by atoms with Gasteiger partial charge in [-0.2, -0.15) is 0 Å². The van der Waals surface area contributed by atoms with Crippen molar-refractivity contribution in [3.63, 3.8) is 0 Å². The molecule has 3 nitrogen and oxygen atoms in total. The number of nitrogens with zero attached hydrogens (tertiary/aromatic N) is 2. The van der Waals surface area contributed by atoms with Gasteiger partial charge >= 0.3 is 0 Å². The fourth-order valence-corrected chi connectivity index (χ4v) is 2.68. The van der Waals surface area contributed by atoms with Crippen molar-refractivity contribution in [3.05, 3.63) is 54.6 Å². The Morgan fingerprint density at radius 2 is 1.53 bits per heavy atom. The average molecular weight is 245 g/mol. The molecular weight excluding hydrogens is 230 g/mol. The Bertz CT molecular complexity index is 445. The van der Waals surface area contributed by atoms with E-state index in [9.17, 15) is 0 Å². The molecule has 0 saturated carbocycles. The highest BCUT2D eigenvalue weighted by Gasteiger charge is 2.17. The van der Waals surface area contributed by atoms with Crippen LogP contribution in [0.3, 0.4) is 0 Å². The maximum absolute atomic E-state index is 6.06. The normalized spacial score (nSPS) is 14.2. The van der Waals surface area contributed by atoms with E-state index in [-0.39, 0.29) is 11.3 Å². The van der Waals surface area contributed by atoms with E-state index in [4.69, 9.17) is 5.73 Å². The van der Waals surface area contributed by atoms with Gasteiger partial charge in [0, 0.05) is 41.0 Å². The number of rotatable bonds is 4. The summed E-state index contributed by atoms with van der Waals surface area (Å²) in [6.45, 7) is 2.03. The molecule has 2 heterocycles. The summed E-state index contributed by atoms with van der Waals surface area (Å²) in [7, 11) is 0. The van der Waals surface area contributed by atoms with Crippen LogP contribution in [0.4, 0.5) is 0 Å². The summed E-state index contributed by atoms with van der Waals surface area (Å²) in [6, 6.07) is 8.11. The standard InChI is InChI=1S/C13H15N3S/c1-10(14)13(11-2-6-15-7-3-11)17-12-4-8-16-9-5-12/h2-10,13H,14H2,1H3. The third-order valence-corrected chi connectivity index (χ3v) is 3.92. The van der Waals surface area contributed by atoms with Gasteiger partial charge in [-0.3, -0.25) is 9.97 Å². The molecule has 0 aliphatic rings. The molecule has 0 amide bonds. The molecule has 0 aromatic carbocycles. The van der Waals surface area contributed by atoms with Crippen LogP contribution in [-0.2, 0) is 0 Å². The van der Waals surface area contributed by atoms with Crippen LogP contribution in [0.15, 0.2) is 53.9 Å². The minimum absolute atomic E-state index is 0.0792. The maximum atomic E-state index is 6.06. The topological polar surface area (TPSA) is 51.8 Å². The fraction of sp³-hybridized carbons (Fsp3) is 0.231. The molecule has 0 bridgehead atoms. The van der Waals surface area contributed by atoms with Crippen LogP contribution in [-0.4, -0.2) is 16.0 Å². The van der Waals surface area contributed by atoms with Gasteiger partial charge < -0.3 is 5.73 Å². The number of nitrogens with two attached hydrogens (primary N) is 1. The van der Waals surface area contributed by atoms with Gasteiger partial charge in [0.2, 0.25) is 0 Å². The van der Waals surface area contributed by atoms with Crippen LogP contribution >= 0.6 is 11.8 Å². The SMILES string of the molecule is CC(N)C(Sc1ccncc1)c1ccncc1. The van der Waals surface area contributed by atoms with Gasteiger partial charge in [-0.25, -0.2) is 0 Å². The molecule has 17 heavy (non-hydrogen) atoms. The van der Waals surface area contributed by atoms with Gasteiger partial charge in [0.05, 0.1) is 0 Å². The Morgan fingerprint density at radius 1 is 1.00 bits per heavy atom. The summed E-state index contributed by atoms with van der Waals surface area (Å²) in [5.74, 6) is 0. The highest BCUT2D eigenvalue weighted by atomic mass is 32.2. The maximum Gasteiger partial charge on any atom is 0.0493 e. The van der Waals surface area contributed by atoms with Crippen LogP contribution in [0.25, 0.3) is 0 Å². The van der Waals surface area contributed by atoms with Crippen LogP contribution in [0, 0.1) is 0 Å². The van der Waals surface area contributed by atoms with Crippen LogP contribution in [0.2, 0.25) is 0 Å². The highest BCUT2D eigenvalue weighted by Crippen LogP contribution is 2.36. The fourth-order valence-electron chi connectivity index (χ4n) is 1.60. The van der Waals surface area contributed by atoms with Gasteiger partial charge in [0.15, 0.2) is 0 Å². The van der Waals surface area contributed by atoms with E-state index in [0.29, 0.717) is 0 Å². The lowest BCUT2D eigenvalue weighted by Crippen LogP contribution is -2.22. The number of hydrogen-bond donors (Lipinski definition) is 1. The van der Waals surface area contributed by atoms with E-state index in [1.165, 1.54) is 10.5 Å². The summed E-state index contributed by atoms with van der Waals surface area (Å²) in [5, 5.41) is 0.236. The van der Waals surface area contributed by atoms with Crippen molar-refractivity contribution in [2.45, 2.75) is 23.1 Å². The first-order valence-electron chi connectivity index (χ1n) is 5.49. The van der Waals surface area contributed by atoms with Crippen molar-refractivity contribution in [2.24, 2.45) is 5.73 Å². The minimum atomic E-state index is 0.0792. The molecule has 0 fully saturated rings. The second kappa shape index (κ2) is 5.80. The average Bonchev–Trinajstić information content (AvgIpc) is 2.38. The zero-order valence-corrected chi connectivity index (χ0v) is 10.5. The predicted molar refractivity (Wildman–Crippen MR) is 70.7 cm³/mol. The lowest BCUT2D eigenvalue weighted by molar-refractivity contribution is 0.720. The van der Waals surface area contributed by atoms with E-state index in [2.05, 4.69) is 9.97 Å². The Labute approximate surface area is 105 Å². The van der Waals surface area contributed by atoms with Crippen molar-refractivity contribution in [3.8, 4) is 0 Å². The Morgan fingerprint density at radius 3 is 2.06 bits per heavy atom. The summed E-state index contributed by atoms with van der Waals surface area (Å²) < 4.78 is 0. The lowest BCUT2D eigenvalue weighted by Gasteiger charge is -2.20. The van der Waals surface area contributed by atoms with Crippen molar-refractivity contribution in [2.75, 3.05) is 0 Å². The summed E-state index contributed by atoms with van der Waals surface area (Å²) in [5.41, 5.74) is 7.27. The van der Waals surface area contributed by atoms with Crippen molar-refractivity contribution in [1.29, 1.82) is 0 Å². The third kappa shape index (κ3) is 3.28. The molecule has 2 rings (SSSR count). The number of thioether (sulfide) groups is 1. The molecule has 0 saturated heterocycles. The molecule has 0 spiro atoms. The first-order chi connectivity index (χ1) is 8.27. The number of pyridine rings is 2. The van der Waals surface area contributed by atoms with Gasteiger partial charge in [0.1, 0.15) is 0 Å². The molecule has 88 valence electrons. The van der Waals surface area contributed by atoms with Crippen molar-refractivity contribution < 1.29 is 0 Å². The van der Waals surface area contributed by atoms with Gasteiger partial charge in [-0.05, 0) is 36.8 Å². The predicted octanol–water partition coefficient (Wildman–Crippen LogP) is 2.66. The van der Waals surface area contributed by atoms with Gasteiger partial charge in [-0.1, -0.05) is 0 Å². The van der Waals surface area contributed by atoms with Crippen molar-refractivity contribution >= 4 is 11.8 Å². The van der Waals surface area contributed by atoms with Crippen LogP contribution < -0.4 is 5.73 Å². The largest absolute Gasteiger partial charge is 0.327 e. The number of hydrogen-bond acceptors (Lipinski definition) is 4. The summed E-state index contributed by atoms with van der Waals surface area (Å²) in [6.07, 6.45) is 7.20. The van der Waals surface area contributed by atoms with Crippen molar-refractivity contribution in [1.82, 2.24) is 9.97 Å². The van der Waals surface area contributed by atoms with E-state index >= 15 is 0 Å². The molecule has 4 heteroatoms.